The highest BCUT2D eigenvalue weighted by Gasteiger charge is 2.49. The number of rotatable bonds is 4. The highest BCUT2D eigenvalue weighted by Crippen LogP contribution is 2.43. The van der Waals surface area contributed by atoms with E-state index in [1.54, 1.807) is 0 Å². The first-order valence-corrected chi connectivity index (χ1v) is 10.7. The monoisotopic (exact) mass is 380 g/mol. The molecule has 3 aliphatic rings. The molecule has 0 unspecified atom stereocenters. The molecule has 2 bridgehead atoms. The minimum absolute atomic E-state index is 0.363. The zero-order valence-electron chi connectivity index (χ0n) is 16.5. The largest absolute Gasteiger partial charge is 0.337 e. The van der Waals surface area contributed by atoms with Crippen LogP contribution in [0, 0.1) is 11.8 Å². The topological polar surface area (TPSA) is 62.5 Å². The summed E-state index contributed by atoms with van der Waals surface area (Å²) >= 11 is 0. The summed E-state index contributed by atoms with van der Waals surface area (Å²) in [7, 11) is 0. The third-order valence-electron chi connectivity index (χ3n) is 6.80. The van der Waals surface area contributed by atoms with Gasteiger partial charge in [0.2, 0.25) is 5.91 Å². The van der Waals surface area contributed by atoms with Crippen molar-refractivity contribution in [2.45, 2.75) is 57.5 Å². The molecule has 0 N–H and O–H groups in total. The highest BCUT2D eigenvalue weighted by atomic mass is 16.5. The lowest BCUT2D eigenvalue weighted by molar-refractivity contribution is -0.149. The Hall–Kier alpha value is -2.37. The Bertz CT molecular complexity index is 836. The average Bonchev–Trinajstić information content (AvgIpc) is 3.22. The van der Waals surface area contributed by atoms with E-state index in [2.05, 4.69) is 26.9 Å². The molecular weight excluding hydrogens is 352 g/mol. The molecular formula is C22H28N4O2. The van der Waals surface area contributed by atoms with Gasteiger partial charge in [-0.15, -0.1) is 0 Å². The van der Waals surface area contributed by atoms with E-state index in [0.717, 1.165) is 50.8 Å². The summed E-state index contributed by atoms with van der Waals surface area (Å²) < 4.78 is 5.56. The number of piperidine rings is 3. The zero-order chi connectivity index (χ0) is 19.1. The number of hydrogen-bond acceptors (Lipinski definition) is 5. The van der Waals surface area contributed by atoms with Gasteiger partial charge < -0.3 is 14.3 Å². The summed E-state index contributed by atoms with van der Waals surface area (Å²) in [6.07, 6.45) is 6.32. The van der Waals surface area contributed by atoms with Crippen LogP contribution in [0.15, 0.2) is 34.9 Å². The van der Waals surface area contributed by atoms with Gasteiger partial charge in [0.15, 0.2) is 0 Å². The molecule has 0 radical (unpaired) electrons. The van der Waals surface area contributed by atoms with E-state index in [-0.39, 0.29) is 0 Å². The maximum Gasteiger partial charge on any atom is 0.266 e. The summed E-state index contributed by atoms with van der Waals surface area (Å²) in [5, 5.41) is 4.29. The summed E-state index contributed by atoms with van der Waals surface area (Å²) in [5.41, 5.74) is 0.950. The van der Waals surface area contributed by atoms with Crippen molar-refractivity contribution in [1.82, 2.24) is 15.0 Å². The van der Waals surface area contributed by atoms with Crippen LogP contribution in [0.5, 0.6) is 0 Å². The smallest absolute Gasteiger partial charge is 0.266 e. The molecule has 0 spiro atoms. The van der Waals surface area contributed by atoms with Gasteiger partial charge in [0.05, 0.1) is 0 Å². The van der Waals surface area contributed by atoms with E-state index >= 15 is 0 Å². The third-order valence-corrected chi connectivity index (χ3v) is 6.80. The summed E-state index contributed by atoms with van der Waals surface area (Å²) in [6.45, 7) is 4.05. The SMILES string of the molecule is CCC[C@H]1[C@H]2C[C@H](CN(c3noc(-c4ccccc4)n3)C2)[C@@H]2CCCC(=O)N21. The number of fused-ring (bicyclic) bond motifs is 4. The Balaban J connectivity index is 1.41. The number of aromatic nitrogens is 2. The quantitative estimate of drug-likeness (QED) is 0.808. The van der Waals surface area contributed by atoms with Crippen molar-refractivity contribution in [2.24, 2.45) is 11.8 Å². The molecule has 0 aliphatic carbocycles. The lowest BCUT2D eigenvalue weighted by Gasteiger charge is -2.56. The van der Waals surface area contributed by atoms with Crippen molar-refractivity contribution < 1.29 is 9.32 Å². The lowest BCUT2D eigenvalue weighted by atomic mass is 9.71. The van der Waals surface area contributed by atoms with Crippen molar-refractivity contribution in [3.8, 4) is 11.5 Å². The van der Waals surface area contributed by atoms with Crippen LogP contribution >= 0.6 is 0 Å². The second-order valence-electron chi connectivity index (χ2n) is 8.54. The van der Waals surface area contributed by atoms with Crippen LogP contribution in [0.25, 0.3) is 11.5 Å². The van der Waals surface area contributed by atoms with Gasteiger partial charge in [0, 0.05) is 37.2 Å². The Morgan fingerprint density at radius 3 is 2.82 bits per heavy atom. The van der Waals surface area contributed by atoms with Crippen LogP contribution in [-0.4, -0.2) is 46.1 Å². The fraction of sp³-hybridized carbons (Fsp3) is 0.591. The number of hydrogen-bond donors (Lipinski definition) is 0. The van der Waals surface area contributed by atoms with E-state index in [9.17, 15) is 4.79 Å². The van der Waals surface area contributed by atoms with Crippen LogP contribution in [-0.2, 0) is 4.79 Å². The first kappa shape index (κ1) is 17.7. The predicted octanol–water partition coefficient (Wildman–Crippen LogP) is 3.74. The molecule has 1 amide bonds. The van der Waals surface area contributed by atoms with Crippen molar-refractivity contribution in [3.05, 3.63) is 30.3 Å². The van der Waals surface area contributed by atoms with Crippen LogP contribution in [0.4, 0.5) is 5.95 Å². The van der Waals surface area contributed by atoms with E-state index in [0.29, 0.717) is 41.7 Å². The van der Waals surface area contributed by atoms with Gasteiger partial charge in [-0.05, 0) is 54.8 Å². The van der Waals surface area contributed by atoms with E-state index in [1.165, 1.54) is 6.42 Å². The van der Waals surface area contributed by atoms with Gasteiger partial charge in [-0.25, -0.2) is 0 Å². The Morgan fingerprint density at radius 2 is 2.00 bits per heavy atom. The summed E-state index contributed by atoms with van der Waals surface area (Å²) in [4.78, 5) is 22.0. The van der Waals surface area contributed by atoms with Crippen molar-refractivity contribution in [3.63, 3.8) is 0 Å². The number of amides is 1. The molecule has 6 nitrogen and oxygen atoms in total. The molecule has 5 rings (SSSR count). The third kappa shape index (κ3) is 2.99. The van der Waals surface area contributed by atoms with Gasteiger partial charge in [-0.1, -0.05) is 31.5 Å². The molecule has 28 heavy (non-hydrogen) atoms. The molecule has 2 aromatic rings. The molecule has 4 heterocycles. The minimum Gasteiger partial charge on any atom is -0.337 e. The molecule has 3 fully saturated rings. The summed E-state index contributed by atoms with van der Waals surface area (Å²) in [5.74, 6) is 2.65. The number of carbonyl (C=O) groups excluding carboxylic acids is 1. The predicted molar refractivity (Wildman–Crippen MR) is 107 cm³/mol. The van der Waals surface area contributed by atoms with Gasteiger partial charge in [-0.2, -0.15) is 4.98 Å². The van der Waals surface area contributed by atoms with Crippen LogP contribution in [0.1, 0.15) is 45.4 Å². The first-order chi connectivity index (χ1) is 13.7. The maximum atomic E-state index is 12.7. The number of anilines is 1. The van der Waals surface area contributed by atoms with E-state index < -0.39 is 0 Å². The molecule has 148 valence electrons. The molecule has 3 aliphatic heterocycles. The molecule has 4 atom stereocenters. The zero-order valence-corrected chi connectivity index (χ0v) is 16.5. The lowest BCUT2D eigenvalue weighted by Crippen LogP contribution is -2.65. The number of nitrogens with zero attached hydrogens (tertiary/aromatic N) is 4. The maximum absolute atomic E-state index is 12.7. The Kier molecular flexibility index (Phi) is 4.57. The summed E-state index contributed by atoms with van der Waals surface area (Å²) in [6, 6.07) is 10.7. The molecule has 3 saturated heterocycles. The van der Waals surface area contributed by atoms with Crippen LogP contribution < -0.4 is 4.90 Å². The number of carbonyl (C=O) groups is 1. The van der Waals surface area contributed by atoms with Gasteiger partial charge in [0.1, 0.15) is 0 Å². The number of benzene rings is 1. The standard InChI is InChI=1S/C22H28N4O2/c1-2-7-18-16-12-17(19-10-6-11-20(27)26(18)19)14-25(13-16)22-23-21(28-24-22)15-8-4-3-5-9-15/h3-5,8-9,16-19H,2,6-7,10-14H2,1H3/t16-,17+,18-,19-/m0/s1. The highest BCUT2D eigenvalue weighted by molar-refractivity contribution is 5.78. The van der Waals surface area contributed by atoms with Crippen molar-refractivity contribution >= 4 is 11.9 Å². The van der Waals surface area contributed by atoms with Crippen LogP contribution in [0.2, 0.25) is 0 Å². The molecule has 1 aromatic heterocycles. The van der Waals surface area contributed by atoms with Crippen molar-refractivity contribution in [2.75, 3.05) is 18.0 Å². The first-order valence-electron chi connectivity index (χ1n) is 10.7. The van der Waals surface area contributed by atoms with Gasteiger partial charge >= 0.3 is 0 Å². The Morgan fingerprint density at radius 1 is 1.18 bits per heavy atom. The minimum atomic E-state index is 0.363. The molecule has 0 saturated carbocycles. The average molecular weight is 380 g/mol. The van der Waals surface area contributed by atoms with E-state index in [4.69, 9.17) is 4.52 Å². The normalized spacial score (nSPS) is 29.7. The van der Waals surface area contributed by atoms with Crippen LogP contribution in [0.3, 0.4) is 0 Å². The molecule has 6 heteroatoms. The van der Waals surface area contributed by atoms with Crippen molar-refractivity contribution in [1.29, 1.82) is 0 Å². The van der Waals surface area contributed by atoms with Gasteiger partial charge in [0.25, 0.3) is 11.8 Å². The van der Waals surface area contributed by atoms with Gasteiger partial charge in [-0.3, -0.25) is 4.79 Å². The molecule has 1 aromatic carbocycles. The fourth-order valence-electron chi connectivity index (χ4n) is 5.65. The second kappa shape index (κ2) is 7.22. The Labute approximate surface area is 165 Å². The second-order valence-corrected chi connectivity index (χ2v) is 8.54. The fourth-order valence-corrected chi connectivity index (χ4v) is 5.65. The van der Waals surface area contributed by atoms with E-state index in [1.807, 2.05) is 30.3 Å².